The van der Waals surface area contributed by atoms with Gasteiger partial charge >= 0.3 is 0 Å². The Hall–Kier alpha value is -3.52. The Morgan fingerprint density at radius 2 is 1.97 bits per heavy atom. The van der Waals surface area contributed by atoms with Crippen LogP contribution in [-0.4, -0.2) is 30.5 Å². The molecule has 0 bridgehead atoms. The zero-order valence-corrected chi connectivity index (χ0v) is 19.3. The number of aromatic nitrogens is 5. The third kappa shape index (κ3) is 4.52. The molecule has 33 heavy (non-hydrogen) atoms. The Labute approximate surface area is 197 Å². The summed E-state index contributed by atoms with van der Waals surface area (Å²) >= 11 is 5.40. The van der Waals surface area contributed by atoms with Crippen molar-refractivity contribution in [3.8, 4) is 11.4 Å². The Morgan fingerprint density at radius 3 is 2.76 bits per heavy atom. The Kier molecular flexibility index (Phi) is 5.92. The van der Waals surface area contributed by atoms with Gasteiger partial charge in [-0.1, -0.05) is 60.2 Å². The highest BCUT2D eigenvalue weighted by Gasteiger charge is 2.26. The number of nitrogens with zero attached hydrogens (tertiary/aromatic N) is 4. The third-order valence-electron chi connectivity index (χ3n) is 6.14. The predicted molar refractivity (Wildman–Crippen MR) is 129 cm³/mol. The summed E-state index contributed by atoms with van der Waals surface area (Å²) in [6.45, 7) is 2.89. The van der Waals surface area contributed by atoms with Crippen molar-refractivity contribution in [2.45, 2.75) is 45.3 Å². The van der Waals surface area contributed by atoms with Crippen LogP contribution in [0.1, 0.15) is 41.3 Å². The van der Waals surface area contributed by atoms with Crippen LogP contribution in [0.5, 0.6) is 0 Å². The van der Waals surface area contributed by atoms with E-state index in [0.29, 0.717) is 10.6 Å². The van der Waals surface area contributed by atoms with E-state index >= 15 is 0 Å². The van der Waals surface area contributed by atoms with E-state index in [1.165, 1.54) is 11.3 Å². The third-order valence-corrected chi connectivity index (χ3v) is 6.45. The largest absolute Gasteiger partial charge is 0.348 e. The topological polar surface area (TPSA) is 80.5 Å². The van der Waals surface area contributed by atoms with E-state index in [1.807, 2.05) is 55.6 Å². The quantitative estimate of drug-likeness (QED) is 0.421. The van der Waals surface area contributed by atoms with Crippen molar-refractivity contribution in [1.82, 2.24) is 29.9 Å². The maximum absolute atomic E-state index is 13.0. The summed E-state index contributed by atoms with van der Waals surface area (Å²) in [6, 6.07) is 18.3. The molecule has 7 nitrogen and oxygen atoms in total. The zero-order valence-electron chi connectivity index (χ0n) is 18.5. The van der Waals surface area contributed by atoms with Crippen LogP contribution in [0.15, 0.2) is 60.8 Å². The molecule has 1 atom stereocenters. The van der Waals surface area contributed by atoms with Gasteiger partial charge in [-0.05, 0) is 44.0 Å². The minimum atomic E-state index is -0.0884. The second-order valence-corrected chi connectivity index (χ2v) is 8.89. The Bertz CT molecular complexity index is 1320. The molecular weight excluding hydrogens is 432 g/mol. The van der Waals surface area contributed by atoms with Crippen molar-refractivity contribution >= 4 is 18.1 Å². The van der Waals surface area contributed by atoms with Gasteiger partial charge in [-0.25, -0.2) is 0 Å². The van der Waals surface area contributed by atoms with Crippen LogP contribution in [0.4, 0.5) is 0 Å². The minimum Gasteiger partial charge on any atom is -0.348 e. The standard InChI is InChI=1S/C25H26N6OS/c1-17-10-12-19(13-11-17)24-28-29-25(33)30(24)16-23(32)27-21-8-5-9-22-20(21)14-26-31(22)15-18-6-3-2-4-7-18/h2-4,6-7,10-14,21H,5,8-9,15-16H2,1H3,(H,27,32)(H,29,33). The average Bonchev–Trinajstić information content (AvgIpc) is 3.39. The van der Waals surface area contributed by atoms with Crippen molar-refractivity contribution in [2.75, 3.05) is 0 Å². The number of hydrogen-bond donors (Lipinski definition) is 2. The molecule has 0 spiro atoms. The lowest BCUT2D eigenvalue weighted by Crippen LogP contribution is -2.33. The second-order valence-electron chi connectivity index (χ2n) is 8.51. The van der Waals surface area contributed by atoms with Crippen molar-refractivity contribution in [2.24, 2.45) is 0 Å². The number of fused-ring (bicyclic) bond motifs is 1. The van der Waals surface area contributed by atoms with E-state index in [0.717, 1.165) is 42.5 Å². The first kappa shape index (κ1) is 21.3. The number of carbonyl (C=O) groups is 1. The highest BCUT2D eigenvalue weighted by Crippen LogP contribution is 2.30. The number of carbonyl (C=O) groups excluding carboxylic acids is 1. The number of nitrogens with one attached hydrogen (secondary N) is 2. The summed E-state index contributed by atoms with van der Waals surface area (Å²) in [7, 11) is 0. The molecular formula is C25H26N6OS. The molecule has 8 heteroatoms. The smallest absolute Gasteiger partial charge is 0.240 e. The molecule has 0 saturated carbocycles. The normalized spacial score (nSPS) is 15.2. The van der Waals surface area contributed by atoms with Crippen LogP contribution >= 0.6 is 12.2 Å². The van der Waals surface area contributed by atoms with Gasteiger partial charge in [0, 0.05) is 16.8 Å². The lowest BCUT2D eigenvalue weighted by atomic mass is 9.93. The van der Waals surface area contributed by atoms with Gasteiger partial charge in [-0.3, -0.25) is 19.1 Å². The van der Waals surface area contributed by atoms with E-state index in [-0.39, 0.29) is 18.5 Å². The number of amides is 1. The van der Waals surface area contributed by atoms with E-state index in [4.69, 9.17) is 12.2 Å². The van der Waals surface area contributed by atoms with Gasteiger partial charge < -0.3 is 5.32 Å². The number of hydrogen-bond acceptors (Lipinski definition) is 4. The molecule has 0 radical (unpaired) electrons. The molecule has 1 unspecified atom stereocenters. The van der Waals surface area contributed by atoms with Crippen molar-refractivity contribution in [3.05, 3.63) is 87.9 Å². The molecule has 4 aromatic rings. The maximum Gasteiger partial charge on any atom is 0.240 e. The van der Waals surface area contributed by atoms with Gasteiger partial charge in [-0.2, -0.15) is 10.2 Å². The molecule has 168 valence electrons. The molecule has 2 aromatic heterocycles. The summed E-state index contributed by atoms with van der Waals surface area (Å²) in [5.41, 5.74) is 5.62. The Balaban J connectivity index is 1.32. The minimum absolute atomic E-state index is 0.0466. The summed E-state index contributed by atoms with van der Waals surface area (Å²) in [5.74, 6) is 0.574. The number of aromatic amines is 1. The van der Waals surface area contributed by atoms with E-state index in [2.05, 4.69) is 37.4 Å². The molecule has 0 fully saturated rings. The van der Waals surface area contributed by atoms with E-state index in [9.17, 15) is 4.79 Å². The van der Waals surface area contributed by atoms with E-state index in [1.54, 1.807) is 4.57 Å². The van der Waals surface area contributed by atoms with Crippen LogP contribution < -0.4 is 5.32 Å². The van der Waals surface area contributed by atoms with Crippen LogP contribution in [-0.2, 0) is 24.3 Å². The summed E-state index contributed by atoms with van der Waals surface area (Å²) in [5, 5.41) is 15.0. The molecule has 1 aliphatic carbocycles. The fourth-order valence-electron chi connectivity index (χ4n) is 4.43. The molecule has 1 aliphatic rings. The van der Waals surface area contributed by atoms with Gasteiger partial charge in [0.15, 0.2) is 10.6 Å². The SMILES string of the molecule is Cc1ccc(-c2n[nH]c(=S)n2CC(=O)NC2CCCc3c2cnn3Cc2ccccc2)cc1. The highest BCUT2D eigenvalue weighted by molar-refractivity contribution is 7.71. The van der Waals surface area contributed by atoms with Gasteiger partial charge in [-0.15, -0.1) is 0 Å². The van der Waals surface area contributed by atoms with Gasteiger partial charge in [0.2, 0.25) is 5.91 Å². The van der Waals surface area contributed by atoms with Crippen LogP contribution in [0.3, 0.4) is 0 Å². The molecule has 2 heterocycles. The fourth-order valence-corrected chi connectivity index (χ4v) is 4.63. The monoisotopic (exact) mass is 458 g/mol. The second kappa shape index (κ2) is 9.15. The molecule has 5 rings (SSSR count). The number of aryl methyl sites for hydroxylation is 1. The molecule has 0 aliphatic heterocycles. The molecule has 2 N–H and O–H groups in total. The molecule has 0 saturated heterocycles. The maximum atomic E-state index is 13.0. The van der Waals surface area contributed by atoms with Gasteiger partial charge in [0.05, 0.1) is 18.8 Å². The Morgan fingerprint density at radius 1 is 1.18 bits per heavy atom. The summed E-state index contributed by atoms with van der Waals surface area (Å²) in [4.78, 5) is 13.0. The van der Waals surface area contributed by atoms with Crippen molar-refractivity contribution in [1.29, 1.82) is 0 Å². The number of rotatable bonds is 6. The van der Waals surface area contributed by atoms with Crippen LogP contribution in [0.2, 0.25) is 0 Å². The lowest BCUT2D eigenvalue weighted by molar-refractivity contribution is -0.122. The summed E-state index contributed by atoms with van der Waals surface area (Å²) < 4.78 is 4.24. The van der Waals surface area contributed by atoms with Crippen LogP contribution in [0.25, 0.3) is 11.4 Å². The highest BCUT2D eigenvalue weighted by atomic mass is 32.1. The average molecular weight is 459 g/mol. The van der Waals surface area contributed by atoms with Crippen LogP contribution in [0, 0.1) is 11.7 Å². The number of benzene rings is 2. The first-order valence-electron chi connectivity index (χ1n) is 11.2. The van der Waals surface area contributed by atoms with Crippen molar-refractivity contribution in [3.63, 3.8) is 0 Å². The predicted octanol–water partition coefficient (Wildman–Crippen LogP) is 4.35. The number of H-pyrrole nitrogens is 1. The van der Waals surface area contributed by atoms with Crippen molar-refractivity contribution < 1.29 is 4.79 Å². The lowest BCUT2D eigenvalue weighted by Gasteiger charge is -2.24. The summed E-state index contributed by atoms with van der Waals surface area (Å²) in [6.07, 6.45) is 4.79. The molecule has 1 amide bonds. The first-order valence-corrected chi connectivity index (χ1v) is 11.6. The first-order chi connectivity index (χ1) is 16.1. The fraction of sp³-hybridized carbons (Fsp3) is 0.280. The van der Waals surface area contributed by atoms with Gasteiger partial charge in [0.1, 0.15) is 6.54 Å². The van der Waals surface area contributed by atoms with Gasteiger partial charge in [0.25, 0.3) is 0 Å². The zero-order chi connectivity index (χ0) is 22.8. The van der Waals surface area contributed by atoms with E-state index < -0.39 is 0 Å². The molecule has 2 aromatic carbocycles.